The monoisotopic (exact) mass is 271 g/mol. The molecule has 1 fully saturated rings. The minimum atomic E-state index is -0.0173. The van der Waals surface area contributed by atoms with Crippen LogP contribution in [0.1, 0.15) is 30.4 Å². The highest BCUT2D eigenvalue weighted by Gasteiger charge is 2.21. The molecule has 0 bridgehead atoms. The van der Waals surface area contributed by atoms with Gasteiger partial charge in [0, 0.05) is 25.2 Å². The van der Waals surface area contributed by atoms with E-state index in [1.54, 1.807) is 11.9 Å². The minimum Gasteiger partial charge on any atom is -0.335 e. The van der Waals surface area contributed by atoms with E-state index in [1.807, 2.05) is 24.3 Å². The summed E-state index contributed by atoms with van der Waals surface area (Å²) in [5, 5.41) is 3.03. The third kappa shape index (κ3) is 3.75. The molecule has 1 aliphatic carbocycles. The first-order valence-electron chi connectivity index (χ1n) is 6.99. The Hall–Kier alpha value is -1.99. The lowest BCUT2D eigenvalue weighted by atomic mass is 9.93. The summed E-state index contributed by atoms with van der Waals surface area (Å²) < 4.78 is 0. The van der Waals surface area contributed by atoms with Gasteiger partial charge in [-0.2, -0.15) is 0 Å². The molecule has 1 aromatic rings. The quantitative estimate of drug-likeness (QED) is 0.822. The Bertz CT molecular complexity index is 526. The second-order valence-corrected chi connectivity index (χ2v) is 5.10. The van der Waals surface area contributed by atoms with Crippen LogP contribution in [0.2, 0.25) is 0 Å². The molecule has 1 aliphatic rings. The first-order chi connectivity index (χ1) is 9.70. The number of amides is 2. The molecular weight excluding hydrogens is 250 g/mol. The van der Waals surface area contributed by atoms with Crippen LogP contribution in [0.25, 0.3) is 0 Å². The van der Waals surface area contributed by atoms with Crippen LogP contribution in [0, 0.1) is 11.8 Å². The molecule has 0 aromatic heterocycles. The summed E-state index contributed by atoms with van der Waals surface area (Å²) in [6, 6.07) is 8.19. The van der Waals surface area contributed by atoms with Gasteiger partial charge in [-0.15, -0.1) is 0 Å². The number of hydrogen-bond acceptors (Lipinski definition) is 2. The number of benzene rings is 1. The zero-order chi connectivity index (χ0) is 14.4. The van der Waals surface area contributed by atoms with E-state index in [4.69, 9.17) is 5.73 Å². The van der Waals surface area contributed by atoms with Crippen molar-refractivity contribution in [2.24, 2.45) is 5.73 Å². The van der Waals surface area contributed by atoms with E-state index in [1.165, 1.54) is 6.42 Å². The standard InChI is InChI=1S/C16H21N3O/c1-19(16(20)18-15-9-4-10-15)12-14-7-3-2-6-13(14)8-5-11-17/h2-3,6-7,15H,4,9-12,17H2,1H3,(H,18,20). The third-order valence-electron chi connectivity index (χ3n) is 3.53. The number of nitrogens with zero attached hydrogens (tertiary/aromatic N) is 1. The minimum absolute atomic E-state index is 0.0173. The average Bonchev–Trinajstić information content (AvgIpc) is 2.41. The van der Waals surface area contributed by atoms with Gasteiger partial charge in [0.2, 0.25) is 0 Å². The predicted molar refractivity (Wildman–Crippen MR) is 80.0 cm³/mol. The summed E-state index contributed by atoms with van der Waals surface area (Å²) in [6.45, 7) is 0.889. The summed E-state index contributed by atoms with van der Waals surface area (Å²) in [5.41, 5.74) is 7.38. The van der Waals surface area contributed by atoms with Gasteiger partial charge in [-0.05, 0) is 30.9 Å². The molecule has 4 nitrogen and oxygen atoms in total. The molecule has 0 saturated heterocycles. The zero-order valence-corrected chi connectivity index (χ0v) is 11.9. The maximum absolute atomic E-state index is 12.0. The predicted octanol–water partition coefficient (Wildman–Crippen LogP) is 1.69. The van der Waals surface area contributed by atoms with Gasteiger partial charge in [0.15, 0.2) is 0 Å². The molecule has 4 heteroatoms. The van der Waals surface area contributed by atoms with Crippen LogP contribution in [-0.2, 0) is 6.54 Å². The summed E-state index contributed by atoms with van der Waals surface area (Å²) in [5.74, 6) is 5.90. The second-order valence-electron chi connectivity index (χ2n) is 5.10. The van der Waals surface area contributed by atoms with Gasteiger partial charge in [0.1, 0.15) is 0 Å². The fourth-order valence-electron chi connectivity index (χ4n) is 2.09. The van der Waals surface area contributed by atoms with E-state index in [0.29, 0.717) is 19.1 Å². The molecule has 0 aliphatic heterocycles. The van der Waals surface area contributed by atoms with Crippen molar-refractivity contribution in [2.45, 2.75) is 31.8 Å². The molecule has 20 heavy (non-hydrogen) atoms. The Kier molecular flexibility index (Phi) is 5.03. The van der Waals surface area contributed by atoms with E-state index in [2.05, 4.69) is 17.2 Å². The molecule has 0 radical (unpaired) electrons. The van der Waals surface area contributed by atoms with Crippen LogP contribution >= 0.6 is 0 Å². The van der Waals surface area contributed by atoms with Crippen LogP contribution in [0.4, 0.5) is 4.79 Å². The molecule has 1 saturated carbocycles. The molecule has 1 aromatic carbocycles. The van der Waals surface area contributed by atoms with Crippen LogP contribution in [-0.4, -0.2) is 30.6 Å². The van der Waals surface area contributed by atoms with Crippen molar-refractivity contribution in [2.75, 3.05) is 13.6 Å². The largest absolute Gasteiger partial charge is 0.335 e. The van der Waals surface area contributed by atoms with Crippen molar-refractivity contribution in [1.29, 1.82) is 0 Å². The van der Waals surface area contributed by atoms with E-state index in [0.717, 1.165) is 24.0 Å². The van der Waals surface area contributed by atoms with Gasteiger partial charge in [-0.3, -0.25) is 0 Å². The van der Waals surface area contributed by atoms with Crippen molar-refractivity contribution < 1.29 is 4.79 Å². The third-order valence-corrected chi connectivity index (χ3v) is 3.53. The highest BCUT2D eigenvalue weighted by molar-refractivity contribution is 5.74. The smallest absolute Gasteiger partial charge is 0.317 e. The van der Waals surface area contributed by atoms with Gasteiger partial charge in [0.05, 0.1) is 6.54 Å². The second kappa shape index (κ2) is 6.97. The molecule has 106 valence electrons. The maximum Gasteiger partial charge on any atom is 0.317 e. The fraction of sp³-hybridized carbons (Fsp3) is 0.438. The summed E-state index contributed by atoms with van der Waals surface area (Å²) in [7, 11) is 1.81. The number of carbonyl (C=O) groups is 1. The maximum atomic E-state index is 12.0. The van der Waals surface area contributed by atoms with E-state index < -0.39 is 0 Å². The zero-order valence-electron chi connectivity index (χ0n) is 11.9. The van der Waals surface area contributed by atoms with E-state index in [9.17, 15) is 4.79 Å². The average molecular weight is 271 g/mol. The lowest BCUT2D eigenvalue weighted by Crippen LogP contribution is -2.45. The molecule has 0 spiro atoms. The first-order valence-corrected chi connectivity index (χ1v) is 6.99. The van der Waals surface area contributed by atoms with E-state index in [-0.39, 0.29) is 6.03 Å². The molecule has 0 atom stereocenters. The highest BCUT2D eigenvalue weighted by atomic mass is 16.2. The Morgan fingerprint density at radius 1 is 1.45 bits per heavy atom. The van der Waals surface area contributed by atoms with E-state index >= 15 is 0 Å². The SMILES string of the molecule is CN(Cc1ccccc1C#CCN)C(=O)NC1CCC1. The highest BCUT2D eigenvalue weighted by Crippen LogP contribution is 2.18. The van der Waals surface area contributed by atoms with Crippen LogP contribution in [0.15, 0.2) is 24.3 Å². The molecule has 0 unspecified atom stereocenters. The Morgan fingerprint density at radius 2 is 2.20 bits per heavy atom. The summed E-state index contributed by atoms with van der Waals surface area (Å²) >= 11 is 0. The van der Waals surface area contributed by atoms with Crippen molar-refractivity contribution in [3.8, 4) is 11.8 Å². The van der Waals surface area contributed by atoms with Gasteiger partial charge in [-0.25, -0.2) is 4.79 Å². The number of hydrogen-bond donors (Lipinski definition) is 2. The van der Waals surface area contributed by atoms with Gasteiger partial charge in [-0.1, -0.05) is 30.0 Å². The van der Waals surface area contributed by atoms with Crippen molar-refractivity contribution in [3.05, 3.63) is 35.4 Å². The molecule has 2 amide bonds. The Morgan fingerprint density at radius 3 is 2.85 bits per heavy atom. The van der Waals surface area contributed by atoms with Crippen LogP contribution < -0.4 is 11.1 Å². The number of urea groups is 1. The molecule has 2 rings (SSSR count). The summed E-state index contributed by atoms with van der Waals surface area (Å²) in [4.78, 5) is 13.7. The molecule has 0 heterocycles. The molecular formula is C16H21N3O. The van der Waals surface area contributed by atoms with Gasteiger partial charge < -0.3 is 16.0 Å². The van der Waals surface area contributed by atoms with Crippen molar-refractivity contribution in [3.63, 3.8) is 0 Å². The number of carbonyl (C=O) groups excluding carboxylic acids is 1. The Balaban J connectivity index is 1.99. The summed E-state index contributed by atoms with van der Waals surface area (Å²) in [6.07, 6.45) is 3.41. The van der Waals surface area contributed by atoms with Crippen molar-refractivity contribution >= 4 is 6.03 Å². The van der Waals surface area contributed by atoms with Gasteiger partial charge >= 0.3 is 6.03 Å². The van der Waals surface area contributed by atoms with Gasteiger partial charge in [0.25, 0.3) is 0 Å². The first kappa shape index (κ1) is 14.4. The number of nitrogens with one attached hydrogen (secondary N) is 1. The number of nitrogens with two attached hydrogens (primary N) is 1. The number of rotatable bonds is 3. The molecule has 3 N–H and O–H groups in total. The Labute approximate surface area is 120 Å². The van der Waals surface area contributed by atoms with Crippen LogP contribution in [0.3, 0.4) is 0 Å². The normalized spacial score (nSPS) is 13.9. The topological polar surface area (TPSA) is 58.4 Å². The fourth-order valence-corrected chi connectivity index (χ4v) is 2.09. The van der Waals surface area contributed by atoms with Crippen molar-refractivity contribution in [1.82, 2.24) is 10.2 Å². The lowest BCUT2D eigenvalue weighted by Gasteiger charge is -2.29. The van der Waals surface area contributed by atoms with Crippen LogP contribution in [0.5, 0.6) is 0 Å². The lowest BCUT2D eigenvalue weighted by molar-refractivity contribution is 0.195.